The molecule has 1 aromatic carbocycles. The molecule has 5 nitrogen and oxygen atoms in total. The molecule has 0 aliphatic rings. The molecule has 84 valence electrons. The monoisotopic (exact) mass is 236 g/mol. The number of benzene rings is 1. The maximum absolute atomic E-state index is 5.86. The number of anilines is 1. The Hall–Kier alpha value is -1.69. The Kier molecular flexibility index (Phi) is 3.00. The zero-order valence-electron chi connectivity index (χ0n) is 9.02. The van der Waals surface area contributed by atoms with E-state index in [4.69, 9.17) is 10.5 Å². The lowest BCUT2D eigenvalue weighted by molar-refractivity contribution is 0.414. The van der Waals surface area contributed by atoms with E-state index in [2.05, 4.69) is 15.2 Å². The van der Waals surface area contributed by atoms with Gasteiger partial charge in [0.05, 0.1) is 7.11 Å². The zero-order valence-corrected chi connectivity index (χ0v) is 9.84. The van der Waals surface area contributed by atoms with Crippen LogP contribution in [0.25, 0.3) is 0 Å². The molecule has 16 heavy (non-hydrogen) atoms. The van der Waals surface area contributed by atoms with Gasteiger partial charge in [-0.1, -0.05) is 0 Å². The van der Waals surface area contributed by atoms with E-state index in [0.29, 0.717) is 10.8 Å². The molecule has 0 aliphatic heterocycles. The molecule has 0 radical (unpaired) electrons. The zero-order chi connectivity index (χ0) is 11.5. The lowest BCUT2D eigenvalue weighted by atomic mass is 10.3. The molecule has 0 unspecified atom stereocenters. The van der Waals surface area contributed by atoms with Crippen LogP contribution < -0.4 is 10.5 Å². The Morgan fingerprint density at radius 2 is 2.25 bits per heavy atom. The van der Waals surface area contributed by atoms with Gasteiger partial charge in [0.1, 0.15) is 11.6 Å². The van der Waals surface area contributed by atoms with Crippen molar-refractivity contribution in [1.82, 2.24) is 15.2 Å². The summed E-state index contributed by atoms with van der Waals surface area (Å²) >= 11 is 1.41. The number of H-pyrrole nitrogens is 1. The molecule has 0 spiro atoms. The van der Waals surface area contributed by atoms with Crippen molar-refractivity contribution in [3.8, 4) is 5.75 Å². The highest BCUT2D eigenvalue weighted by Crippen LogP contribution is 2.32. The van der Waals surface area contributed by atoms with Crippen molar-refractivity contribution in [2.45, 2.75) is 17.0 Å². The summed E-state index contributed by atoms with van der Waals surface area (Å²) in [6.07, 6.45) is 0. The van der Waals surface area contributed by atoms with Gasteiger partial charge in [-0.05, 0) is 36.9 Å². The number of nitrogens with two attached hydrogens (primary N) is 1. The van der Waals surface area contributed by atoms with Crippen LogP contribution >= 0.6 is 11.8 Å². The van der Waals surface area contributed by atoms with Gasteiger partial charge in [0.15, 0.2) is 0 Å². The minimum Gasteiger partial charge on any atom is -0.497 e. The molecule has 2 rings (SSSR count). The molecule has 0 fully saturated rings. The molecule has 1 heterocycles. The second-order valence-electron chi connectivity index (χ2n) is 3.21. The SMILES string of the molecule is COc1ccc(N)c(Sc2n[nH]c(C)n2)c1. The van der Waals surface area contributed by atoms with Crippen LogP contribution in [0, 0.1) is 6.92 Å². The summed E-state index contributed by atoms with van der Waals surface area (Å²) in [5.41, 5.74) is 6.54. The largest absolute Gasteiger partial charge is 0.497 e. The van der Waals surface area contributed by atoms with Crippen LogP contribution in [-0.2, 0) is 0 Å². The fraction of sp³-hybridized carbons (Fsp3) is 0.200. The van der Waals surface area contributed by atoms with Crippen molar-refractivity contribution in [3.05, 3.63) is 24.0 Å². The van der Waals surface area contributed by atoms with Crippen molar-refractivity contribution in [3.63, 3.8) is 0 Å². The molecular formula is C10H12N4OS. The number of methoxy groups -OCH3 is 1. The van der Waals surface area contributed by atoms with E-state index in [9.17, 15) is 0 Å². The number of ether oxygens (including phenoxy) is 1. The van der Waals surface area contributed by atoms with Crippen LogP contribution in [0.5, 0.6) is 5.75 Å². The van der Waals surface area contributed by atoms with Gasteiger partial charge in [-0.25, -0.2) is 4.98 Å². The van der Waals surface area contributed by atoms with E-state index < -0.39 is 0 Å². The number of rotatable bonds is 3. The van der Waals surface area contributed by atoms with Crippen LogP contribution in [0.4, 0.5) is 5.69 Å². The third kappa shape index (κ3) is 2.27. The van der Waals surface area contributed by atoms with Gasteiger partial charge in [-0.15, -0.1) is 5.10 Å². The molecule has 0 bridgehead atoms. The number of aryl methyl sites for hydroxylation is 1. The molecule has 0 atom stereocenters. The first-order valence-electron chi connectivity index (χ1n) is 4.69. The van der Waals surface area contributed by atoms with Gasteiger partial charge >= 0.3 is 0 Å². The van der Waals surface area contributed by atoms with Gasteiger partial charge in [-0.3, -0.25) is 5.10 Å². The predicted octanol–water partition coefficient (Wildman–Crippen LogP) is 1.86. The minimum atomic E-state index is 0.650. The minimum absolute atomic E-state index is 0.650. The van der Waals surface area contributed by atoms with E-state index in [0.717, 1.165) is 16.5 Å². The van der Waals surface area contributed by atoms with E-state index in [1.807, 2.05) is 19.1 Å². The maximum atomic E-state index is 5.86. The predicted molar refractivity (Wildman–Crippen MR) is 62.6 cm³/mol. The van der Waals surface area contributed by atoms with E-state index in [1.165, 1.54) is 11.8 Å². The number of aromatic nitrogens is 3. The Bertz CT molecular complexity index is 497. The average Bonchev–Trinajstić information content (AvgIpc) is 2.67. The van der Waals surface area contributed by atoms with E-state index in [1.54, 1.807) is 13.2 Å². The summed E-state index contributed by atoms with van der Waals surface area (Å²) < 4.78 is 5.14. The Morgan fingerprint density at radius 3 is 2.88 bits per heavy atom. The Balaban J connectivity index is 2.26. The smallest absolute Gasteiger partial charge is 0.213 e. The number of hydrogen-bond donors (Lipinski definition) is 2. The Morgan fingerprint density at radius 1 is 1.44 bits per heavy atom. The highest BCUT2D eigenvalue weighted by Gasteiger charge is 2.07. The van der Waals surface area contributed by atoms with E-state index >= 15 is 0 Å². The van der Waals surface area contributed by atoms with Crippen LogP contribution in [-0.4, -0.2) is 22.3 Å². The number of hydrogen-bond acceptors (Lipinski definition) is 5. The summed E-state index contributed by atoms with van der Waals surface area (Å²) in [7, 11) is 1.62. The third-order valence-corrected chi connectivity index (χ3v) is 2.94. The molecule has 0 saturated heterocycles. The van der Waals surface area contributed by atoms with Crippen molar-refractivity contribution in [2.24, 2.45) is 0 Å². The first-order chi connectivity index (χ1) is 7.69. The topological polar surface area (TPSA) is 76.8 Å². The third-order valence-electron chi connectivity index (χ3n) is 2.00. The molecule has 6 heteroatoms. The molecule has 3 N–H and O–H groups in total. The quantitative estimate of drug-likeness (QED) is 0.795. The molecule has 0 saturated carbocycles. The summed E-state index contributed by atoms with van der Waals surface area (Å²) in [4.78, 5) is 5.09. The number of nitrogens with one attached hydrogen (secondary N) is 1. The first-order valence-corrected chi connectivity index (χ1v) is 5.51. The second kappa shape index (κ2) is 4.44. The summed E-state index contributed by atoms with van der Waals surface area (Å²) in [6, 6.07) is 5.50. The highest BCUT2D eigenvalue weighted by atomic mass is 32.2. The molecule has 1 aromatic heterocycles. The number of nitrogen functional groups attached to an aromatic ring is 1. The first kappa shape index (κ1) is 10.8. The summed E-state index contributed by atoms with van der Waals surface area (Å²) in [6.45, 7) is 1.85. The van der Waals surface area contributed by atoms with Crippen molar-refractivity contribution in [2.75, 3.05) is 12.8 Å². The molecule has 2 aromatic rings. The number of aromatic amines is 1. The maximum Gasteiger partial charge on any atom is 0.213 e. The fourth-order valence-electron chi connectivity index (χ4n) is 1.20. The molecular weight excluding hydrogens is 224 g/mol. The fourth-order valence-corrected chi connectivity index (χ4v) is 2.03. The second-order valence-corrected chi connectivity index (χ2v) is 4.22. The van der Waals surface area contributed by atoms with Crippen LogP contribution in [0.3, 0.4) is 0 Å². The van der Waals surface area contributed by atoms with Gasteiger partial charge in [0, 0.05) is 10.6 Å². The van der Waals surface area contributed by atoms with Crippen LogP contribution in [0.1, 0.15) is 5.82 Å². The van der Waals surface area contributed by atoms with Crippen molar-refractivity contribution in [1.29, 1.82) is 0 Å². The molecule has 0 aliphatic carbocycles. The van der Waals surface area contributed by atoms with Crippen molar-refractivity contribution < 1.29 is 4.74 Å². The number of nitrogens with zero attached hydrogens (tertiary/aromatic N) is 2. The van der Waals surface area contributed by atoms with Gasteiger partial charge in [0.2, 0.25) is 5.16 Å². The lowest BCUT2D eigenvalue weighted by Gasteiger charge is -2.05. The van der Waals surface area contributed by atoms with Gasteiger partial charge in [-0.2, -0.15) is 0 Å². The summed E-state index contributed by atoms with van der Waals surface area (Å²) in [5.74, 6) is 1.55. The van der Waals surface area contributed by atoms with Gasteiger partial charge < -0.3 is 10.5 Å². The lowest BCUT2D eigenvalue weighted by Crippen LogP contribution is -1.90. The molecule has 0 amide bonds. The highest BCUT2D eigenvalue weighted by molar-refractivity contribution is 7.99. The van der Waals surface area contributed by atoms with Crippen molar-refractivity contribution >= 4 is 17.4 Å². The standard InChI is InChI=1S/C10H12N4OS/c1-6-12-10(14-13-6)16-9-5-7(15-2)3-4-8(9)11/h3-5H,11H2,1-2H3,(H,12,13,14). The van der Waals surface area contributed by atoms with Crippen LogP contribution in [0.15, 0.2) is 28.3 Å². The normalized spacial score (nSPS) is 10.4. The average molecular weight is 236 g/mol. The van der Waals surface area contributed by atoms with E-state index in [-0.39, 0.29) is 0 Å². The van der Waals surface area contributed by atoms with Crippen LogP contribution in [0.2, 0.25) is 0 Å². The summed E-state index contributed by atoms with van der Waals surface area (Å²) in [5, 5.41) is 7.47. The van der Waals surface area contributed by atoms with Gasteiger partial charge in [0.25, 0.3) is 0 Å². The Labute approximate surface area is 97.4 Å².